The predicted octanol–water partition coefficient (Wildman–Crippen LogP) is 4.83. The van der Waals surface area contributed by atoms with Gasteiger partial charge in [-0.2, -0.15) is 0 Å². The minimum Gasteiger partial charge on any atom is -0.314 e. The van der Waals surface area contributed by atoms with Crippen LogP contribution in [0, 0.1) is 11.2 Å². The molecule has 1 unspecified atom stereocenters. The molecule has 108 valence electrons. The van der Waals surface area contributed by atoms with Crippen molar-refractivity contribution in [3.63, 3.8) is 0 Å². The number of benzene rings is 1. The van der Waals surface area contributed by atoms with Crippen molar-refractivity contribution in [2.45, 2.75) is 53.0 Å². The predicted molar refractivity (Wildman–Crippen MR) is 81.3 cm³/mol. The molecular formula is C16H25ClFN. The van der Waals surface area contributed by atoms with Crippen molar-refractivity contribution in [3.8, 4) is 0 Å². The maximum Gasteiger partial charge on any atom is 0.141 e. The normalized spacial score (nSPS) is 14.7. The highest BCUT2D eigenvalue weighted by molar-refractivity contribution is 6.30. The van der Waals surface area contributed by atoms with Crippen LogP contribution in [0.1, 0.15) is 46.1 Å². The molecule has 0 bridgehead atoms. The van der Waals surface area contributed by atoms with E-state index in [0.717, 1.165) is 31.4 Å². The molecule has 0 spiro atoms. The van der Waals surface area contributed by atoms with E-state index in [2.05, 4.69) is 33.0 Å². The van der Waals surface area contributed by atoms with Crippen LogP contribution in [0.4, 0.5) is 4.39 Å². The van der Waals surface area contributed by atoms with Crippen molar-refractivity contribution < 1.29 is 4.39 Å². The van der Waals surface area contributed by atoms with Crippen molar-refractivity contribution >= 4 is 11.6 Å². The first-order chi connectivity index (χ1) is 8.86. The van der Waals surface area contributed by atoms with E-state index in [1.807, 2.05) is 6.07 Å². The van der Waals surface area contributed by atoms with Gasteiger partial charge in [-0.15, -0.1) is 0 Å². The summed E-state index contributed by atoms with van der Waals surface area (Å²) in [5, 5.41) is 3.73. The van der Waals surface area contributed by atoms with E-state index >= 15 is 0 Å². The van der Waals surface area contributed by atoms with E-state index < -0.39 is 0 Å². The Morgan fingerprint density at radius 1 is 1.37 bits per heavy atom. The third kappa shape index (κ3) is 5.50. The lowest BCUT2D eigenvalue weighted by molar-refractivity contribution is 0.267. The summed E-state index contributed by atoms with van der Waals surface area (Å²) >= 11 is 5.86. The van der Waals surface area contributed by atoms with Crippen LogP contribution < -0.4 is 5.32 Å². The molecule has 0 aromatic heterocycles. The summed E-state index contributed by atoms with van der Waals surface area (Å²) in [4.78, 5) is 0. The summed E-state index contributed by atoms with van der Waals surface area (Å²) in [5.41, 5.74) is 1.29. The fourth-order valence-electron chi connectivity index (χ4n) is 2.44. The molecule has 0 aliphatic rings. The minimum absolute atomic E-state index is 0.181. The Hall–Kier alpha value is -0.600. The van der Waals surface area contributed by atoms with Gasteiger partial charge in [-0.3, -0.25) is 0 Å². The SMILES string of the molecule is CCCC(C)(CNC(C)C)Cc1ccc(F)c(Cl)c1. The Morgan fingerprint density at radius 2 is 2.05 bits per heavy atom. The molecule has 1 N–H and O–H groups in total. The summed E-state index contributed by atoms with van der Waals surface area (Å²) in [6, 6.07) is 5.53. The molecule has 0 aliphatic heterocycles. The highest BCUT2D eigenvalue weighted by Crippen LogP contribution is 2.29. The number of nitrogens with one attached hydrogen (secondary N) is 1. The zero-order valence-electron chi connectivity index (χ0n) is 12.4. The first-order valence-corrected chi connectivity index (χ1v) is 7.41. The Morgan fingerprint density at radius 3 is 2.58 bits per heavy atom. The maximum atomic E-state index is 13.2. The fourth-order valence-corrected chi connectivity index (χ4v) is 2.64. The summed E-state index contributed by atoms with van der Waals surface area (Å²) in [6.45, 7) is 9.75. The number of hydrogen-bond acceptors (Lipinski definition) is 1. The first kappa shape index (κ1) is 16.5. The van der Waals surface area contributed by atoms with Crippen LogP contribution in [0.5, 0.6) is 0 Å². The molecule has 0 radical (unpaired) electrons. The van der Waals surface area contributed by atoms with Gasteiger partial charge in [0, 0.05) is 12.6 Å². The second kappa shape index (κ2) is 7.25. The standard InChI is InChI=1S/C16H25ClFN/c1-5-8-16(4,11-19-12(2)3)10-13-6-7-15(18)14(17)9-13/h6-7,9,12,19H,5,8,10-11H2,1-4H3. The molecular weight excluding hydrogens is 261 g/mol. The van der Waals surface area contributed by atoms with Crippen LogP contribution in [-0.2, 0) is 6.42 Å². The molecule has 1 aromatic rings. The maximum absolute atomic E-state index is 13.2. The molecule has 19 heavy (non-hydrogen) atoms. The highest BCUT2D eigenvalue weighted by atomic mass is 35.5. The number of rotatable bonds is 7. The van der Waals surface area contributed by atoms with Crippen LogP contribution >= 0.6 is 11.6 Å². The Balaban J connectivity index is 2.78. The second-order valence-electron chi connectivity index (χ2n) is 6.02. The van der Waals surface area contributed by atoms with Gasteiger partial charge in [0.05, 0.1) is 5.02 Å². The molecule has 0 amide bonds. The second-order valence-corrected chi connectivity index (χ2v) is 6.43. The van der Waals surface area contributed by atoms with E-state index in [1.54, 1.807) is 6.07 Å². The van der Waals surface area contributed by atoms with Gasteiger partial charge >= 0.3 is 0 Å². The zero-order chi connectivity index (χ0) is 14.5. The minimum atomic E-state index is -0.345. The molecule has 0 saturated heterocycles. The lowest BCUT2D eigenvalue weighted by Crippen LogP contribution is -2.37. The van der Waals surface area contributed by atoms with Gasteiger partial charge in [0.15, 0.2) is 0 Å². The van der Waals surface area contributed by atoms with E-state index in [0.29, 0.717) is 6.04 Å². The Labute approximate surface area is 121 Å². The largest absolute Gasteiger partial charge is 0.314 e. The van der Waals surface area contributed by atoms with Gasteiger partial charge in [-0.05, 0) is 36.0 Å². The summed E-state index contributed by atoms with van der Waals surface area (Å²) in [7, 11) is 0. The molecule has 3 heteroatoms. The highest BCUT2D eigenvalue weighted by Gasteiger charge is 2.24. The van der Waals surface area contributed by atoms with Crippen molar-refractivity contribution in [3.05, 3.63) is 34.6 Å². The smallest absolute Gasteiger partial charge is 0.141 e. The molecule has 0 saturated carbocycles. The summed E-state index contributed by atoms with van der Waals surface area (Å²) in [5.74, 6) is -0.345. The van der Waals surface area contributed by atoms with Gasteiger partial charge in [-0.1, -0.05) is 51.8 Å². The van der Waals surface area contributed by atoms with Crippen molar-refractivity contribution in [2.24, 2.45) is 5.41 Å². The average molecular weight is 286 g/mol. The van der Waals surface area contributed by atoms with Crippen LogP contribution in [0.25, 0.3) is 0 Å². The number of halogens is 2. The lowest BCUT2D eigenvalue weighted by Gasteiger charge is -2.31. The van der Waals surface area contributed by atoms with E-state index in [4.69, 9.17) is 11.6 Å². The lowest BCUT2D eigenvalue weighted by atomic mass is 9.79. The summed E-state index contributed by atoms with van der Waals surface area (Å²) < 4.78 is 13.2. The van der Waals surface area contributed by atoms with Gasteiger partial charge in [0.1, 0.15) is 5.82 Å². The molecule has 0 fully saturated rings. The van der Waals surface area contributed by atoms with Crippen LogP contribution in [0.15, 0.2) is 18.2 Å². The van der Waals surface area contributed by atoms with Crippen LogP contribution in [0.3, 0.4) is 0 Å². The van der Waals surface area contributed by atoms with Gasteiger partial charge < -0.3 is 5.32 Å². The van der Waals surface area contributed by atoms with Crippen LogP contribution in [0.2, 0.25) is 5.02 Å². The molecule has 1 nitrogen and oxygen atoms in total. The van der Waals surface area contributed by atoms with Crippen molar-refractivity contribution in [1.29, 1.82) is 0 Å². The van der Waals surface area contributed by atoms with Crippen LogP contribution in [-0.4, -0.2) is 12.6 Å². The van der Waals surface area contributed by atoms with Gasteiger partial charge in [0.2, 0.25) is 0 Å². The molecule has 1 rings (SSSR count). The quantitative estimate of drug-likeness (QED) is 0.757. The first-order valence-electron chi connectivity index (χ1n) is 7.03. The third-order valence-electron chi connectivity index (χ3n) is 3.41. The Bertz CT molecular complexity index is 406. The topological polar surface area (TPSA) is 12.0 Å². The monoisotopic (exact) mass is 285 g/mol. The van der Waals surface area contributed by atoms with E-state index in [1.165, 1.54) is 6.07 Å². The molecule has 1 atom stereocenters. The fraction of sp³-hybridized carbons (Fsp3) is 0.625. The van der Waals surface area contributed by atoms with Crippen molar-refractivity contribution in [2.75, 3.05) is 6.54 Å². The molecule has 1 aromatic carbocycles. The number of hydrogen-bond donors (Lipinski definition) is 1. The average Bonchev–Trinajstić information content (AvgIpc) is 2.32. The Kier molecular flexibility index (Phi) is 6.28. The zero-order valence-corrected chi connectivity index (χ0v) is 13.1. The molecule has 0 heterocycles. The summed E-state index contributed by atoms with van der Waals surface area (Å²) in [6.07, 6.45) is 3.20. The van der Waals surface area contributed by atoms with Gasteiger partial charge in [-0.25, -0.2) is 4.39 Å². The van der Waals surface area contributed by atoms with E-state index in [9.17, 15) is 4.39 Å². The van der Waals surface area contributed by atoms with E-state index in [-0.39, 0.29) is 16.3 Å². The molecule has 0 aliphatic carbocycles. The van der Waals surface area contributed by atoms with Gasteiger partial charge in [0.25, 0.3) is 0 Å². The van der Waals surface area contributed by atoms with Crippen molar-refractivity contribution in [1.82, 2.24) is 5.32 Å². The third-order valence-corrected chi connectivity index (χ3v) is 3.70.